The highest BCUT2D eigenvalue weighted by molar-refractivity contribution is 6.42. The summed E-state index contributed by atoms with van der Waals surface area (Å²) in [6, 6.07) is 24.6. The van der Waals surface area contributed by atoms with Gasteiger partial charge in [-0.15, -0.1) is 0 Å². The van der Waals surface area contributed by atoms with Crippen molar-refractivity contribution in [2.24, 2.45) is 10.1 Å². The molecule has 0 unspecified atom stereocenters. The van der Waals surface area contributed by atoms with E-state index in [-0.39, 0.29) is 32.0 Å². The van der Waals surface area contributed by atoms with Crippen molar-refractivity contribution in [3.8, 4) is 5.75 Å². The molecule has 0 fully saturated rings. The average molecular weight is 728 g/mol. The summed E-state index contributed by atoms with van der Waals surface area (Å²) in [4.78, 5) is 22.5. The number of aliphatic hydroxyl groups excluding tert-OH is 1. The molecule has 4 aromatic carbocycles. The van der Waals surface area contributed by atoms with Gasteiger partial charge in [-0.1, -0.05) is 87.9 Å². The van der Waals surface area contributed by atoms with Crippen molar-refractivity contribution in [2.75, 3.05) is 13.2 Å². The molecule has 0 bridgehead atoms. The molecule has 1 aliphatic heterocycles. The SMILES string of the molecule is [N-]=[N+]=NCc1ccccc1C[C@]1(C(=O)NNCc2ccc(Cl)c(Cl)c2)N=C(c2ccc(OCCCO)cc2)O[C@H]1c1ccc(Cl)cc1Cl. The van der Waals surface area contributed by atoms with E-state index in [1.54, 1.807) is 60.7 Å². The number of amides is 1. The standard InChI is InChI=1S/C34H30Cl4N6O4/c35-25-9-12-27(29(37)17-25)31-34(18-23-4-1-2-5-24(23)20-41-44-39,33(46)43-40-19-21-6-13-28(36)30(38)16-21)42-32(48-31)22-7-10-26(11-8-22)47-15-3-14-45/h1-2,4-13,16-17,31,40,45H,3,14-15,18-20H2,(H,43,46)/t31-,34-/m0/s1. The molecule has 0 saturated heterocycles. The summed E-state index contributed by atoms with van der Waals surface area (Å²) in [5.74, 6) is 0.307. The van der Waals surface area contributed by atoms with Gasteiger partial charge in [-0.2, -0.15) is 0 Å². The molecule has 0 saturated carbocycles. The van der Waals surface area contributed by atoms with Crippen LogP contribution in [0.2, 0.25) is 20.1 Å². The third-order valence-electron chi connectivity index (χ3n) is 7.64. The molecule has 1 amide bonds. The maximum atomic E-state index is 14.5. The molecule has 0 radical (unpaired) electrons. The fourth-order valence-electron chi connectivity index (χ4n) is 5.24. The number of carbonyl (C=O) groups is 1. The second kappa shape index (κ2) is 16.4. The lowest BCUT2D eigenvalue weighted by atomic mass is 9.81. The number of aliphatic hydroxyl groups is 1. The van der Waals surface area contributed by atoms with Gasteiger partial charge in [0.2, 0.25) is 5.90 Å². The Balaban J connectivity index is 1.58. The van der Waals surface area contributed by atoms with E-state index in [9.17, 15) is 4.79 Å². The molecule has 1 aliphatic rings. The number of hydrazine groups is 1. The number of carbonyl (C=O) groups excluding carboxylic acids is 1. The number of rotatable bonds is 14. The minimum Gasteiger partial charge on any atom is -0.494 e. The lowest BCUT2D eigenvalue weighted by Crippen LogP contribution is -2.53. The molecule has 3 N–H and O–H groups in total. The smallest absolute Gasteiger partial charge is 0.266 e. The van der Waals surface area contributed by atoms with Crippen molar-refractivity contribution >= 4 is 58.2 Å². The van der Waals surface area contributed by atoms with E-state index in [0.717, 1.165) is 16.7 Å². The molecule has 10 nitrogen and oxygen atoms in total. The average Bonchev–Trinajstić information content (AvgIpc) is 3.46. The van der Waals surface area contributed by atoms with Gasteiger partial charge in [-0.05, 0) is 70.8 Å². The molecule has 14 heteroatoms. The number of hydrogen-bond acceptors (Lipinski definition) is 7. The Kier molecular flexibility index (Phi) is 12.1. The molecule has 0 aliphatic carbocycles. The number of azide groups is 1. The Labute approximate surface area is 297 Å². The molecule has 4 aromatic rings. The van der Waals surface area contributed by atoms with E-state index in [1.807, 2.05) is 24.3 Å². The van der Waals surface area contributed by atoms with Crippen LogP contribution in [0.25, 0.3) is 10.4 Å². The summed E-state index contributed by atoms with van der Waals surface area (Å²) >= 11 is 25.3. The highest BCUT2D eigenvalue weighted by Crippen LogP contribution is 2.45. The predicted molar refractivity (Wildman–Crippen MR) is 188 cm³/mol. The first-order chi connectivity index (χ1) is 23.2. The van der Waals surface area contributed by atoms with Crippen LogP contribution in [0.4, 0.5) is 0 Å². The van der Waals surface area contributed by atoms with Crippen molar-refractivity contribution in [2.45, 2.75) is 37.6 Å². The quantitative estimate of drug-likeness (QED) is 0.0395. The highest BCUT2D eigenvalue weighted by Gasteiger charge is 2.54. The van der Waals surface area contributed by atoms with E-state index < -0.39 is 17.6 Å². The second-order valence-corrected chi connectivity index (χ2v) is 12.5. The van der Waals surface area contributed by atoms with Crippen LogP contribution in [0.1, 0.15) is 40.3 Å². The highest BCUT2D eigenvalue weighted by atomic mass is 35.5. The first-order valence-corrected chi connectivity index (χ1v) is 16.4. The molecule has 2 atom stereocenters. The molecule has 48 heavy (non-hydrogen) atoms. The first kappa shape index (κ1) is 35.3. The second-order valence-electron chi connectivity index (χ2n) is 10.8. The summed E-state index contributed by atoms with van der Waals surface area (Å²) in [7, 11) is 0. The zero-order valence-electron chi connectivity index (χ0n) is 25.4. The molecular formula is C34H30Cl4N6O4. The summed E-state index contributed by atoms with van der Waals surface area (Å²) in [5.41, 5.74) is 16.6. The Morgan fingerprint density at radius 1 is 0.979 bits per heavy atom. The third kappa shape index (κ3) is 8.35. The van der Waals surface area contributed by atoms with E-state index in [4.69, 9.17) is 71.5 Å². The topological polar surface area (TPSA) is 141 Å². The van der Waals surface area contributed by atoms with Gasteiger partial charge in [0, 0.05) is 52.1 Å². The Hall–Kier alpha value is -3.99. The van der Waals surface area contributed by atoms with Crippen LogP contribution in [0.3, 0.4) is 0 Å². The number of nitrogens with one attached hydrogen (secondary N) is 2. The third-order valence-corrected chi connectivity index (χ3v) is 8.94. The van der Waals surface area contributed by atoms with Gasteiger partial charge in [-0.3, -0.25) is 10.2 Å². The summed E-state index contributed by atoms with van der Waals surface area (Å²) < 4.78 is 12.2. The van der Waals surface area contributed by atoms with Crippen LogP contribution in [-0.4, -0.2) is 35.7 Å². The number of hydrogen-bond donors (Lipinski definition) is 3. The van der Waals surface area contributed by atoms with Crippen LogP contribution in [0, 0.1) is 0 Å². The number of halogens is 4. The molecule has 1 heterocycles. The number of benzene rings is 4. The molecule has 5 rings (SSSR count). The van der Waals surface area contributed by atoms with Crippen LogP contribution in [0.15, 0.2) is 95.0 Å². The van der Waals surface area contributed by atoms with Crippen LogP contribution in [0.5, 0.6) is 5.75 Å². The van der Waals surface area contributed by atoms with Crippen molar-refractivity contribution in [3.05, 3.63) is 143 Å². The Morgan fingerprint density at radius 3 is 2.46 bits per heavy atom. The molecular weight excluding hydrogens is 698 g/mol. The zero-order valence-corrected chi connectivity index (χ0v) is 28.4. The van der Waals surface area contributed by atoms with Crippen molar-refractivity contribution in [3.63, 3.8) is 0 Å². The van der Waals surface area contributed by atoms with E-state index in [0.29, 0.717) is 50.0 Å². The van der Waals surface area contributed by atoms with E-state index in [2.05, 4.69) is 20.9 Å². The van der Waals surface area contributed by atoms with Crippen molar-refractivity contribution in [1.29, 1.82) is 0 Å². The summed E-state index contributed by atoms with van der Waals surface area (Å²) in [6.45, 7) is 0.684. The van der Waals surface area contributed by atoms with E-state index in [1.165, 1.54) is 0 Å². The van der Waals surface area contributed by atoms with Crippen LogP contribution in [-0.2, 0) is 29.0 Å². The minimum atomic E-state index is -1.61. The van der Waals surface area contributed by atoms with Crippen LogP contribution >= 0.6 is 46.4 Å². The maximum absolute atomic E-state index is 14.5. The van der Waals surface area contributed by atoms with Crippen molar-refractivity contribution < 1.29 is 19.4 Å². The number of nitrogens with zero attached hydrogens (tertiary/aromatic N) is 4. The van der Waals surface area contributed by atoms with Gasteiger partial charge >= 0.3 is 0 Å². The number of aliphatic imine (C=N–C) groups is 1. The Morgan fingerprint density at radius 2 is 1.75 bits per heavy atom. The van der Waals surface area contributed by atoms with Gasteiger partial charge in [0.05, 0.1) is 23.2 Å². The van der Waals surface area contributed by atoms with Crippen LogP contribution < -0.4 is 15.6 Å². The number of ether oxygens (including phenoxy) is 2. The lowest BCUT2D eigenvalue weighted by Gasteiger charge is -2.32. The normalized spacial score (nSPS) is 16.9. The summed E-state index contributed by atoms with van der Waals surface area (Å²) in [5, 5.41) is 14.3. The van der Waals surface area contributed by atoms with Gasteiger partial charge in [0.25, 0.3) is 5.91 Å². The lowest BCUT2D eigenvalue weighted by molar-refractivity contribution is -0.130. The summed E-state index contributed by atoms with van der Waals surface area (Å²) in [6.07, 6.45) is -0.448. The maximum Gasteiger partial charge on any atom is 0.266 e. The molecule has 248 valence electrons. The van der Waals surface area contributed by atoms with Crippen molar-refractivity contribution in [1.82, 2.24) is 10.9 Å². The fourth-order valence-corrected chi connectivity index (χ4v) is 6.07. The predicted octanol–water partition coefficient (Wildman–Crippen LogP) is 8.19. The van der Waals surface area contributed by atoms with Gasteiger partial charge in [-0.25, -0.2) is 10.4 Å². The van der Waals surface area contributed by atoms with Gasteiger partial charge < -0.3 is 14.6 Å². The van der Waals surface area contributed by atoms with Gasteiger partial charge in [0.1, 0.15) is 5.75 Å². The minimum absolute atomic E-state index is 0.0236. The molecule has 0 spiro atoms. The largest absolute Gasteiger partial charge is 0.494 e. The van der Waals surface area contributed by atoms with Gasteiger partial charge in [0.15, 0.2) is 11.6 Å². The fraction of sp³-hybridized carbons (Fsp3) is 0.235. The Bertz CT molecular complexity index is 1850. The van der Waals surface area contributed by atoms with E-state index >= 15 is 0 Å². The first-order valence-electron chi connectivity index (χ1n) is 14.8. The monoisotopic (exact) mass is 726 g/mol. The zero-order chi connectivity index (χ0) is 34.1. The molecule has 0 aromatic heterocycles.